The molecule has 0 unspecified atom stereocenters. The molecule has 0 atom stereocenters. The number of rotatable bonds is 2. The molecule has 1 rings (SSSR count). The fourth-order valence-electron chi connectivity index (χ4n) is 1.24. The van der Waals surface area contributed by atoms with Gasteiger partial charge < -0.3 is 0 Å². The molecule has 1 heteroatoms. The van der Waals surface area contributed by atoms with E-state index in [0.717, 1.165) is 11.1 Å². The van der Waals surface area contributed by atoms with Crippen LogP contribution in [0.4, 0.5) is 0 Å². The Morgan fingerprint density at radius 1 is 1.50 bits per heavy atom. The summed E-state index contributed by atoms with van der Waals surface area (Å²) in [5.74, 6) is 5.78. The number of hydrogen-bond acceptors (Lipinski definition) is 1. The van der Waals surface area contributed by atoms with Gasteiger partial charge in [0.2, 0.25) is 0 Å². The van der Waals surface area contributed by atoms with Gasteiger partial charge in [-0.2, -0.15) is 0 Å². The molecule has 1 aromatic carbocycles. The second kappa shape index (κ2) is 5.04. The monoisotopic (exact) mass is 184 g/mol. The molecule has 1 nitrogen and oxygen atoms in total. The summed E-state index contributed by atoms with van der Waals surface area (Å²) < 4.78 is 0. The highest BCUT2D eigenvalue weighted by Crippen LogP contribution is 2.09. The number of allylic oxidation sites excluding steroid dienone is 1. The van der Waals surface area contributed by atoms with E-state index in [-0.39, 0.29) is 5.78 Å². The molecule has 0 aliphatic heterocycles. The van der Waals surface area contributed by atoms with Crippen molar-refractivity contribution in [3.8, 4) is 11.8 Å². The van der Waals surface area contributed by atoms with E-state index in [4.69, 9.17) is 0 Å². The number of carbonyl (C=O) groups excluding carboxylic acids is 1. The van der Waals surface area contributed by atoms with Crippen molar-refractivity contribution in [3.05, 3.63) is 48.0 Å². The van der Waals surface area contributed by atoms with Crippen LogP contribution in [0.15, 0.2) is 36.9 Å². The second-order valence-electron chi connectivity index (χ2n) is 2.92. The third-order valence-corrected chi connectivity index (χ3v) is 1.88. The first-order valence-corrected chi connectivity index (χ1v) is 4.44. The molecule has 0 aliphatic rings. The van der Waals surface area contributed by atoms with Gasteiger partial charge in [-0.1, -0.05) is 42.7 Å². The Bertz CT molecular complexity index is 405. The maximum Gasteiger partial charge on any atom is 0.160 e. The lowest BCUT2D eigenvalue weighted by Gasteiger charge is -2.01. The van der Waals surface area contributed by atoms with Gasteiger partial charge in [0.05, 0.1) is 0 Å². The van der Waals surface area contributed by atoms with Crippen molar-refractivity contribution in [2.75, 3.05) is 0 Å². The summed E-state index contributed by atoms with van der Waals surface area (Å²) in [5.41, 5.74) is 1.74. The van der Waals surface area contributed by atoms with Crippen molar-refractivity contribution in [2.24, 2.45) is 0 Å². The van der Waals surface area contributed by atoms with Crippen molar-refractivity contribution in [1.29, 1.82) is 0 Å². The highest BCUT2D eigenvalue weighted by molar-refractivity contribution is 5.95. The first-order chi connectivity index (χ1) is 6.75. The van der Waals surface area contributed by atoms with E-state index in [9.17, 15) is 4.79 Å². The summed E-state index contributed by atoms with van der Waals surface area (Å²) in [5, 5.41) is 0. The van der Waals surface area contributed by atoms with E-state index in [1.54, 1.807) is 13.0 Å². The molecule has 0 bridgehead atoms. The lowest BCUT2D eigenvalue weighted by Crippen LogP contribution is -1.98. The first-order valence-electron chi connectivity index (χ1n) is 4.44. The lowest BCUT2D eigenvalue weighted by atomic mass is 10.0. The van der Waals surface area contributed by atoms with Crippen LogP contribution in [0.5, 0.6) is 0 Å². The molecular weight excluding hydrogens is 172 g/mol. The first kappa shape index (κ1) is 10.3. The van der Waals surface area contributed by atoms with Crippen LogP contribution in [0.25, 0.3) is 0 Å². The topological polar surface area (TPSA) is 17.1 Å². The Balaban J connectivity index is 2.95. The van der Waals surface area contributed by atoms with E-state index in [2.05, 4.69) is 18.4 Å². The molecule has 0 radical (unpaired) electrons. The largest absolute Gasteiger partial charge is 0.295 e. The number of hydrogen-bond donors (Lipinski definition) is 0. The molecule has 0 aliphatic carbocycles. The average Bonchev–Trinajstić information content (AvgIpc) is 2.19. The van der Waals surface area contributed by atoms with Gasteiger partial charge >= 0.3 is 0 Å². The quantitative estimate of drug-likeness (QED) is 0.510. The van der Waals surface area contributed by atoms with Crippen molar-refractivity contribution < 1.29 is 4.79 Å². The van der Waals surface area contributed by atoms with Crippen molar-refractivity contribution in [3.63, 3.8) is 0 Å². The summed E-state index contributed by atoms with van der Waals surface area (Å²) in [6.07, 6.45) is 2.15. The fourth-order valence-corrected chi connectivity index (χ4v) is 1.24. The number of Topliss-reactive ketones (excluding diaryl/α,β-unsaturated/α-hetero) is 1. The zero-order valence-corrected chi connectivity index (χ0v) is 8.21. The standard InChI is InChI=1S/C13H12O/c1-3-4-5-8-12-9-6-7-10-13(12)11(2)14/h3,6-7,9-10H,1,8H2,2H3. The van der Waals surface area contributed by atoms with Crippen molar-refractivity contribution in [2.45, 2.75) is 13.3 Å². The third-order valence-electron chi connectivity index (χ3n) is 1.88. The van der Waals surface area contributed by atoms with Crippen LogP contribution in [0.3, 0.4) is 0 Å². The van der Waals surface area contributed by atoms with Crippen molar-refractivity contribution in [1.82, 2.24) is 0 Å². The minimum Gasteiger partial charge on any atom is -0.295 e. The van der Waals surface area contributed by atoms with Crippen LogP contribution >= 0.6 is 0 Å². The molecule has 0 spiro atoms. The average molecular weight is 184 g/mol. The molecule has 0 saturated heterocycles. The Morgan fingerprint density at radius 2 is 2.21 bits per heavy atom. The summed E-state index contributed by atoms with van der Waals surface area (Å²) in [4.78, 5) is 11.2. The van der Waals surface area contributed by atoms with Gasteiger partial charge in [-0.3, -0.25) is 4.79 Å². The predicted octanol–water partition coefficient (Wildman–Crippen LogP) is 2.62. The molecule has 0 fully saturated rings. The van der Waals surface area contributed by atoms with Gasteiger partial charge in [0, 0.05) is 12.0 Å². The molecule has 0 saturated carbocycles. The SMILES string of the molecule is C=CC#CCc1ccccc1C(C)=O. The lowest BCUT2D eigenvalue weighted by molar-refractivity contribution is 0.101. The van der Waals surface area contributed by atoms with E-state index >= 15 is 0 Å². The molecule has 0 N–H and O–H groups in total. The number of ketones is 1. The number of benzene rings is 1. The van der Waals surface area contributed by atoms with Gasteiger partial charge in [0.25, 0.3) is 0 Å². The minimum atomic E-state index is 0.0843. The summed E-state index contributed by atoms with van der Waals surface area (Å²) in [6.45, 7) is 5.08. The van der Waals surface area contributed by atoms with E-state index in [1.807, 2.05) is 24.3 Å². The molecule has 0 amide bonds. The maximum atomic E-state index is 11.2. The summed E-state index contributed by atoms with van der Waals surface area (Å²) in [7, 11) is 0. The molecule has 0 heterocycles. The smallest absolute Gasteiger partial charge is 0.160 e. The maximum absolute atomic E-state index is 11.2. The van der Waals surface area contributed by atoms with Gasteiger partial charge in [0.15, 0.2) is 5.78 Å². The van der Waals surface area contributed by atoms with Crippen LogP contribution < -0.4 is 0 Å². The van der Waals surface area contributed by atoms with Crippen LogP contribution in [-0.4, -0.2) is 5.78 Å². The van der Waals surface area contributed by atoms with Crippen LogP contribution in [0.2, 0.25) is 0 Å². The van der Waals surface area contributed by atoms with Crippen molar-refractivity contribution >= 4 is 5.78 Å². The fraction of sp³-hybridized carbons (Fsp3) is 0.154. The highest BCUT2D eigenvalue weighted by atomic mass is 16.1. The highest BCUT2D eigenvalue weighted by Gasteiger charge is 2.03. The molecule has 0 aromatic heterocycles. The summed E-state index contributed by atoms with van der Waals surface area (Å²) in [6, 6.07) is 7.53. The third kappa shape index (κ3) is 2.60. The Kier molecular flexibility index (Phi) is 3.69. The zero-order chi connectivity index (χ0) is 10.4. The molecule has 70 valence electrons. The molecule has 1 aromatic rings. The zero-order valence-electron chi connectivity index (χ0n) is 8.21. The Labute approximate surface area is 84.5 Å². The minimum absolute atomic E-state index is 0.0843. The Morgan fingerprint density at radius 3 is 2.86 bits per heavy atom. The predicted molar refractivity (Wildman–Crippen MR) is 58.1 cm³/mol. The van der Waals surface area contributed by atoms with Gasteiger partial charge in [-0.25, -0.2) is 0 Å². The van der Waals surface area contributed by atoms with Gasteiger partial charge in [0.1, 0.15) is 0 Å². The van der Waals surface area contributed by atoms with Crippen LogP contribution in [0.1, 0.15) is 22.8 Å². The van der Waals surface area contributed by atoms with E-state index < -0.39 is 0 Å². The van der Waals surface area contributed by atoms with Gasteiger partial charge in [-0.15, -0.1) is 0 Å². The van der Waals surface area contributed by atoms with E-state index in [1.165, 1.54) is 0 Å². The van der Waals surface area contributed by atoms with Gasteiger partial charge in [-0.05, 0) is 18.6 Å². The molecule has 14 heavy (non-hydrogen) atoms. The summed E-state index contributed by atoms with van der Waals surface area (Å²) >= 11 is 0. The normalized spacial score (nSPS) is 8.64. The Hall–Kier alpha value is -1.81. The van der Waals surface area contributed by atoms with E-state index in [0.29, 0.717) is 6.42 Å². The van der Waals surface area contributed by atoms with Crippen LogP contribution in [-0.2, 0) is 6.42 Å². The van der Waals surface area contributed by atoms with Crippen LogP contribution in [0, 0.1) is 11.8 Å². The molecular formula is C13H12O. The second-order valence-corrected chi connectivity index (χ2v) is 2.92. The number of carbonyl (C=O) groups is 1.